The SMILES string of the molecule is Cc1ccc(-c2c(C)ccc3oc4c(c23)C(C)(C)c2ccccc2N4c2ccccc2)[n+](C)c1. The summed E-state index contributed by atoms with van der Waals surface area (Å²) in [5.41, 5.74) is 10.4. The number of aryl methyl sites for hydroxylation is 3. The molecule has 3 heterocycles. The van der Waals surface area contributed by atoms with E-state index in [4.69, 9.17) is 4.42 Å². The summed E-state index contributed by atoms with van der Waals surface area (Å²) in [6.07, 6.45) is 2.19. The van der Waals surface area contributed by atoms with E-state index in [2.05, 4.69) is 129 Å². The summed E-state index contributed by atoms with van der Waals surface area (Å²) < 4.78 is 8.98. The van der Waals surface area contributed by atoms with E-state index in [0.29, 0.717) is 0 Å². The fraction of sp³-hybridized carbons (Fsp3) is 0.194. The zero-order valence-corrected chi connectivity index (χ0v) is 20.4. The molecule has 6 rings (SSSR count). The lowest BCUT2D eigenvalue weighted by molar-refractivity contribution is -0.660. The van der Waals surface area contributed by atoms with Crippen molar-refractivity contribution >= 4 is 28.2 Å². The maximum absolute atomic E-state index is 6.75. The van der Waals surface area contributed by atoms with Crippen molar-refractivity contribution < 1.29 is 8.98 Å². The number of benzene rings is 3. The van der Waals surface area contributed by atoms with Crippen molar-refractivity contribution in [2.45, 2.75) is 33.1 Å². The number of hydrogen-bond acceptors (Lipinski definition) is 2. The average Bonchev–Trinajstić information content (AvgIpc) is 3.21. The maximum Gasteiger partial charge on any atom is 0.213 e. The van der Waals surface area contributed by atoms with Crippen LogP contribution in [0.25, 0.3) is 22.2 Å². The first kappa shape index (κ1) is 20.7. The average molecular weight is 446 g/mol. The molecular formula is C31H29N2O+. The largest absolute Gasteiger partial charge is 0.439 e. The van der Waals surface area contributed by atoms with Crippen LogP contribution in [-0.4, -0.2) is 0 Å². The minimum Gasteiger partial charge on any atom is -0.439 e. The molecule has 1 aliphatic heterocycles. The number of rotatable bonds is 2. The number of aromatic nitrogens is 1. The Bertz CT molecular complexity index is 1560. The van der Waals surface area contributed by atoms with Crippen LogP contribution >= 0.6 is 0 Å². The molecule has 0 fully saturated rings. The van der Waals surface area contributed by atoms with Crippen LogP contribution in [0, 0.1) is 13.8 Å². The lowest BCUT2D eigenvalue weighted by atomic mass is 9.73. The first-order valence-corrected chi connectivity index (χ1v) is 11.9. The number of anilines is 3. The van der Waals surface area contributed by atoms with E-state index in [9.17, 15) is 0 Å². The van der Waals surface area contributed by atoms with E-state index in [1.165, 1.54) is 44.6 Å². The van der Waals surface area contributed by atoms with Crippen LogP contribution in [0.3, 0.4) is 0 Å². The number of hydrogen-bond donors (Lipinski definition) is 0. The number of para-hydroxylation sites is 2. The second-order valence-electron chi connectivity index (χ2n) is 9.93. The van der Waals surface area contributed by atoms with Crippen LogP contribution in [0.5, 0.6) is 0 Å². The van der Waals surface area contributed by atoms with Gasteiger partial charge in [0, 0.05) is 33.7 Å². The predicted octanol–water partition coefficient (Wildman–Crippen LogP) is 7.65. The quantitative estimate of drug-likeness (QED) is 0.260. The summed E-state index contributed by atoms with van der Waals surface area (Å²) in [6, 6.07) is 28.0. The van der Waals surface area contributed by atoms with Gasteiger partial charge < -0.3 is 4.42 Å². The highest BCUT2D eigenvalue weighted by Gasteiger charge is 2.42. The van der Waals surface area contributed by atoms with Gasteiger partial charge >= 0.3 is 0 Å². The molecule has 0 saturated carbocycles. The van der Waals surface area contributed by atoms with E-state index < -0.39 is 0 Å². The van der Waals surface area contributed by atoms with Crippen LogP contribution < -0.4 is 9.47 Å². The highest BCUT2D eigenvalue weighted by Crippen LogP contribution is 2.56. The van der Waals surface area contributed by atoms with Gasteiger partial charge in [-0.2, -0.15) is 0 Å². The molecule has 1 aliphatic rings. The first-order valence-electron chi connectivity index (χ1n) is 11.9. The summed E-state index contributed by atoms with van der Waals surface area (Å²) in [4.78, 5) is 2.28. The van der Waals surface area contributed by atoms with Gasteiger partial charge in [-0.05, 0) is 55.3 Å². The molecule has 0 N–H and O–H groups in total. The fourth-order valence-corrected chi connectivity index (χ4v) is 5.63. The van der Waals surface area contributed by atoms with Gasteiger partial charge in [-0.1, -0.05) is 56.3 Å². The minimum absolute atomic E-state index is 0.228. The molecular weight excluding hydrogens is 416 g/mol. The van der Waals surface area contributed by atoms with Crippen LogP contribution in [0.4, 0.5) is 17.3 Å². The van der Waals surface area contributed by atoms with Crippen molar-refractivity contribution in [1.82, 2.24) is 0 Å². The number of nitrogens with zero attached hydrogens (tertiary/aromatic N) is 2. The Morgan fingerprint density at radius 2 is 1.56 bits per heavy atom. The third-order valence-electron chi connectivity index (χ3n) is 7.24. The Morgan fingerprint density at radius 3 is 2.32 bits per heavy atom. The third-order valence-corrected chi connectivity index (χ3v) is 7.24. The van der Waals surface area contributed by atoms with Crippen molar-refractivity contribution in [3.63, 3.8) is 0 Å². The zero-order chi connectivity index (χ0) is 23.6. The topological polar surface area (TPSA) is 20.3 Å². The van der Waals surface area contributed by atoms with Crippen molar-refractivity contribution in [1.29, 1.82) is 0 Å². The van der Waals surface area contributed by atoms with E-state index in [1.807, 2.05) is 0 Å². The molecule has 3 heteroatoms. The molecule has 0 atom stereocenters. The van der Waals surface area contributed by atoms with Crippen molar-refractivity contribution in [2.24, 2.45) is 7.05 Å². The molecule has 3 nitrogen and oxygen atoms in total. The molecule has 34 heavy (non-hydrogen) atoms. The highest BCUT2D eigenvalue weighted by atomic mass is 16.4. The highest BCUT2D eigenvalue weighted by molar-refractivity contribution is 6.03. The molecule has 0 unspecified atom stereocenters. The van der Waals surface area contributed by atoms with Gasteiger partial charge in [0.2, 0.25) is 11.6 Å². The van der Waals surface area contributed by atoms with E-state index >= 15 is 0 Å². The minimum atomic E-state index is -0.228. The molecule has 0 spiro atoms. The molecule has 168 valence electrons. The molecule has 3 aromatic carbocycles. The third kappa shape index (κ3) is 2.86. The summed E-state index contributed by atoms with van der Waals surface area (Å²) in [6.45, 7) is 8.98. The molecule has 0 aliphatic carbocycles. The van der Waals surface area contributed by atoms with Gasteiger partial charge in [-0.25, -0.2) is 4.57 Å². The zero-order valence-electron chi connectivity index (χ0n) is 20.4. The smallest absolute Gasteiger partial charge is 0.213 e. The Morgan fingerprint density at radius 1 is 0.824 bits per heavy atom. The van der Waals surface area contributed by atoms with Gasteiger partial charge in [0.25, 0.3) is 0 Å². The van der Waals surface area contributed by atoms with Gasteiger partial charge in [0.15, 0.2) is 6.20 Å². The Balaban J connectivity index is 1.76. The Labute approximate surface area is 200 Å². The van der Waals surface area contributed by atoms with Crippen molar-refractivity contribution in [3.05, 3.63) is 107 Å². The van der Waals surface area contributed by atoms with Crippen LogP contribution in [-0.2, 0) is 12.5 Å². The van der Waals surface area contributed by atoms with Crippen molar-refractivity contribution in [2.75, 3.05) is 4.90 Å². The van der Waals surface area contributed by atoms with Gasteiger partial charge in [0.1, 0.15) is 12.6 Å². The molecule has 5 aromatic rings. The van der Waals surface area contributed by atoms with Gasteiger partial charge in [0.05, 0.1) is 11.3 Å². The summed E-state index contributed by atoms with van der Waals surface area (Å²) in [5.74, 6) is 0.909. The van der Waals surface area contributed by atoms with Crippen molar-refractivity contribution in [3.8, 4) is 11.3 Å². The van der Waals surface area contributed by atoms with E-state index in [1.54, 1.807) is 0 Å². The lowest BCUT2D eigenvalue weighted by Gasteiger charge is -2.39. The molecule has 0 amide bonds. The number of furan rings is 1. The van der Waals surface area contributed by atoms with Crippen LogP contribution in [0.2, 0.25) is 0 Å². The maximum atomic E-state index is 6.75. The summed E-state index contributed by atoms with van der Waals surface area (Å²) in [7, 11) is 2.13. The second-order valence-corrected chi connectivity index (χ2v) is 9.93. The molecule has 0 saturated heterocycles. The van der Waals surface area contributed by atoms with Crippen LogP contribution in [0.1, 0.15) is 36.1 Å². The number of pyridine rings is 1. The first-order chi connectivity index (χ1) is 16.4. The second kappa shape index (κ2) is 7.33. The van der Waals surface area contributed by atoms with Crippen LogP contribution in [0.15, 0.2) is 89.5 Å². The summed E-state index contributed by atoms with van der Waals surface area (Å²) in [5, 5.41) is 1.20. The van der Waals surface area contributed by atoms with Gasteiger partial charge in [-0.15, -0.1) is 0 Å². The molecule has 0 bridgehead atoms. The monoisotopic (exact) mass is 445 g/mol. The Hall–Kier alpha value is -3.85. The lowest BCUT2D eigenvalue weighted by Crippen LogP contribution is -2.32. The van der Waals surface area contributed by atoms with E-state index in [-0.39, 0.29) is 5.41 Å². The summed E-state index contributed by atoms with van der Waals surface area (Å²) >= 11 is 0. The molecule has 0 radical (unpaired) electrons. The van der Waals surface area contributed by atoms with Gasteiger partial charge in [-0.3, -0.25) is 4.90 Å². The molecule has 2 aromatic heterocycles. The standard InChI is InChI=1S/C31H29N2O/c1-20-15-17-25(32(5)19-20)27-21(2)16-18-26-28(27)29-30(34-26)33(22-11-7-6-8-12-22)24-14-10-9-13-23(24)31(29,3)4/h6-19H,1-5H3/q+1. The predicted molar refractivity (Wildman–Crippen MR) is 139 cm³/mol. The number of fused-ring (bicyclic) bond motifs is 4. The normalized spacial score (nSPS) is 14.2. The fourth-order valence-electron chi connectivity index (χ4n) is 5.63. The Kier molecular flexibility index (Phi) is 4.47. The van der Waals surface area contributed by atoms with E-state index in [0.717, 1.165) is 17.2 Å².